The lowest BCUT2D eigenvalue weighted by Crippen LogP contribution is -2.55. The zero-order valence-electron chi connectivity index (χ0n) is 12.5. The molecule has 0 aromatic carbocycles. The predicted molar refractivity (Wildman–Crippen MR) is 73.7 cm³/mol. The van der Waals surface area contributed by atoms with Gasteiger partial charge in [0.2, 0.25) is 0 Å². The van der Waals surface area contributed by atoms with Gasteiger partial charge in [-0.3, -0.25) is 0 Å². The molecule has 1 aliphatic rings. The number of hydrogen-bond acceptors (Lipinski definition) is 3. The summed E-state index contributed by atoms with van der Waals surface area (Å²) in [6, 6.07) is 0. The molecular weight excluding hydrogens is 228 g/mol. The van der Waals surface area contributed by atoms with Crippen LogP contribution in [0.3, 0.4) is 0 Å². The van der Waals surface area contributed by atoms with Crippen molar-refractivity contribution in [1.82, 2.24) is 0 Å². The van der Waals surface area contributed by atoms with E-state index < -0.39 is 5.60 Å². The molecule has 0 amide bonds. The van der Waals surface area contributed by atoms with Crippen molar-refractivity contribution in [3.63, 3.8) is 0 Å². The van der Waals surface area contributed by atoms with E-state index >= 15 is 0 Å². The van der Waals surface area contributed by atoms with Gasteiger partial charge < -0.3 is 14.6 Å². The second-order valence-corrected chi connectivity index (χ2v) is 6.20. The summed E-state index contributed by atoms with van der Waals surface area (Å²) >= 11 is 0. The number of hydrogen-bond donors (Lipinski definition) is 1. The SMILES string of the molecule is CCC(C)(C)C(CO)(COC)OC1CCCCC1. The maximum absolute atomic E-state index is 9.90. The molecule has 0 heterocycles. The average molecular weight is 258 g/mol. The average Bonchev–Trinajstić information content (AvgIpc) is 2.39. The Kier molecular flexibility index (Phi) is 6.09. The minimum atomic E-state index is -0.571. The van der Waals surface area contributed by atoms with Crippen LogP contribution in [0.1, 0.15) is 59.3 Å². The van der Waals surface area contributed by atoms with Gasteiger partial charge in [0.25, 0.3) is 0 Å². The van der Waals surface area contributed by atoms with Gasteiger partial charge >= 0.3 is 0 Å². The monoisotopic (exact) mass is 258 g/mol. The van der Waals surface area contributed by atoms with Crippen molar-refractivity contribution in [1.29, 1.82) is 0 Å². The molecule has 0 bridgehead atoms. The molecule has 1 atom stereocenters. The van der Waals surface area contributed by atoms with Crippen LogP contribution in [0.15, 0.2) is 0 Å². The molecule has 0 saturated heterocycles. The minimum absolute atomic E-state index is 0.0260. The first-order chi connectivity index (χ1) is 8.51. The fraction of sp³-hybridized carbons (Fsp3) is 1.00. The van der Waals surface area contributed by atoms with Gasteiger partial charge in [-0.25, -0.2) is 0 Å². The Morgan fingerprint density at radius 2 is 1.78 bits per heavy atom. The summed E-state index contributed by atoms with van der Waals surface area (Å²) in [5.41, 5.74) is -0.659. The summed E-state index contributed by atoms with van der Waals surface area (Å²) in [7, 11) is 1.68. The fourth-order valence-corrected chi connectivity index (χ4v) is 2.74. The third-order valence-corrected chi connectivity index (χ3v) is 4.69. The van der Waals surface area contributed by atoms with E-state index in [0.717, 1.165) is 19.3 Å². The van der Waals surface area contributed by atoms with E-state index in [2.05, 4.69) is 20.8 Å². The van der Waals surface area contributed by atoms with Crippen LogP contribution >= 0.6 is 0 Å². The lowest BCUT2D eigenvalue weighted by molar-refractivity contribution is -0.209. The Bertz CT molecular complexity index is 234. The Balaban J connectivity index is 2.81. The van der Waals surface area contributed by atoms with Crippen molar-refractivity contribution in [2.24, 2.45) is 5.41 Å². The molecule has 1 rings (SSSR count). The molecule has 0 aromatic rings. The van der Waals surface area contributed by atoms with Crippen LogP contribution in [0.2, 0.25) is 0 Å². The molecule has 1 N–H and O–H groups in total. The summed E-state index contributed by atoms with van der Waals surface area (Å²) in [4.78, 5) is 0. The zero-order valence-corrected chi connectivity index (χ0v) is 12.5. The number of aliphatic hydroxyl groups excluding tert-OH is 1. The molecule has 18 heavy (non-hydrogen) atoms. The summed E-state index contributed by atoms with van der Waals surface area (Å²) < 4.78 is 11.7. The molecule has 1 fully saturated rings. The van der Waals surface area contributed by atoms with Crippen molar-refractivity contribution in [3.05, 3.63) is 0 Å². The van der Waals surface area contributed by atoms with Crippen molar-refractivity contribution >= 4 is 0 Å². The van der Waals surface area contributed by atoms with E-state index in [-0.39, 0.29) is 18.1 Å². The van der Waals surface area contributed by atoms with Gasteiger partial charge in [-0.15, -0.1) is 0 Å². The largest absolute Gasteiger partial charge is 0.393 e. The third-order valence-electron chi connectivity index (χ3n) is 4.69. The van der Waals surface area contributed by atoms with E-state index in [0.29, 0.717) is 6.61 Å². The van der Waals surface area contributed by atoms with Crippen LogP contribution < -0.4 is 0 Å². The molecule has 1 aliphatic carbocycles. The molecule has 0 aromatic heterocycles. The first kappa shape index (κ1) is 15.9. The standard InChI is InChI=1S/C15H30O3/c1-5-14(2,3)15(11-16,12-17-4)18-13-9-7-6-8-10-13/h13,16H,5-12H2,1-4H3. The van der Waals surface area contributed by atoms with Gasteiger partial charge in [0.1, 0.15) is 5.60 Å². The maximum Gasteiger partial charge on any atom is 0.120 e. The second-order valence-electron chi connectivity index (χ2n) is 6.20. The number of rotatable bonds is 7. The van der Waals surface area contributed by atoms with E-state index in [1.54, 1.807) is 7.11 Å². The van der Waals surface area contributed by atoms with Gasteiger partial charge in [-0.2, -0.15) is 0 Å². The van der Waals surface area contributed by atoms with Gasteiger partial charge in [0.05, 0.1) is 19.3 Å². The third kappa shape index (κ3) is 3.46. The van der Waals surface area contributed by atoms with E-state index in [1.807, 2.05) is 0 Å². The first-order valence-electron chi connectivity index (χ1n) is 7.29. The molecule has 0 aliphatic heterocycles. The molecule has 0 radical (unpaired) electrons. The Labute approximate surface area is 112 Å². The molecule has 108 valence electrons. The predicted octanol–water partition coefficient (Wildman–Crippen LogP) is 3.15. The zero-order chi connectivity index (χ0) is 13.6. The Morgan fingerprint density at radius 1 is 1.17 bits per heavy atom. The highest BCUT2D eigenvalue weighted by Gasteiger charge is 2.46. The molecular formula is C15H30O3. The minimum Gasteiger partial charge on any atom is -0.393 e. The molecule has 3 heteroatoms. The van der Waals surface area contributed by atoms with Crippen LogP contribution in [0.4, 0.5) is 0 Å². The second kappa shape index (κ2) is 6.88. The van der Waals surface area contributed by atoms with Crippen molar-refractivity contribution < 1.29 is 14.6 Å². The maximum atomic E-state index is 9.90. The van der Waals surface area contributed by atoms with Crippen LogP contribution in [0.5, 0.6) is 0 Å². The highest BCUT2D eigenvalue weighted by molar-refractivity contribution is 4.95. The number of ether oxygens (including phenoxy) is 2. The van der Waals surface area contributed by atoms with Crippen molar-refractivity contribution in [2.75, 3.05) is 20.3 Å². The fourth-order valence-electron chi connectivity index (χ4n) is 2.74. The van der Waals surface area contributed by atoms with Crippen LogP contribution in [0.25, 0.3) is 0 Å². The lowest BCUT2D eigenvalue weighted by atomic mass is 9.73. The van der Waals surface area contributed by atoms with E-state index in [9.17, 15) is 5.11 Å². The van der Waals surface area contributed by atoms with Crippen LogP contribution in [0, 0.1) is 5.41 Å². The number of methoxy groups -OCH3 is 1. The van der Waals surface area contributed by atoms with E-state index in [4.69, 9.17) is 9.47 Å². The summed E-state index contributed by atoms with van der Waals surface area (Å²) in [6.07, 6.45) is 7.28. The van der Waals surface area contributed by atoms with Gasteiger partial charge in [0, 0.05) is 7.11 Å². The van der Waals surface area contributed by atoms with Gasteiger partial charge in [-0.1, -0.05) is 40.0 Å². The van der Waals surface area contributed by atoms with Crippen molar-refractivity contribution in [2.45, 2.75) is 71.0 Å². The molecule has 0 spiro atoms. The topological polar surface area (TPSA) is 38.7 Å². The lowest BCUT2D eigenvalue weighted by Gasteiger charge is -2.47. The van der Waals surface area contributed by atoms with Crippen molar-refractivity contribution in [3.8, 4) is 0 Å². The molecule has 3 nitrogen and oxygen atoms in total. The van der Waals surface area contributed by atoms with Gasteiger partial charge in [0.15, 0.2) is 0 Å². The van der Waals surface area contributed by atoms with Crippen LogP contribution in [-0.2, 0) is 9.47 Å². The molecule has 1 saturated carbocycles. The van der Waals surface area contributed by atoms with Crippen LogP contribution in [-0.4, -0.2) is 37.1 Å². The quantitative estimate of drug-likeness (QED) is 0.762. The smallest absolute Gasteiger partial charge is 0.120 e. The summed E-state index contributed by atoms with van der Waals surface area (Å²) in [5.74, 6) is 0. The number of aliphatic hydroxyl groups is 1. The summed E-state index contributed by atoms with van der Waals surface area (Å²) in [5, 5.41) is 9.90. The summed E-state index contributed by atoms with van der Waals surface area (Å²) in [6.45, 7) is 6.94. The normalized spacial score (nSPS) is 21.8. The first-order valence-corrected chi connectivity index (χ1v) is 7.29. The highest BCUT2D eigenvalue weighted by atomic mass is 16.6. The molecule has 1 unspecified atom stereocenters. The highest BCUT2D eigenvalue weighted by Crippen LogP contribution is 2.40. The van der Waals surface area contributed by atoms with Gasteiger partial charge in [-0.05, 0) is 24.7 Å². The Morgan fingerprint density at radius 3 is 2.22 bits per heavy atom. The van der Waals surface area contributed by atoms with E-state index in [1.165, 1.54) is 19.3 Å². The Hall–Kier alpha value is -0.120.